The highest BCUT2D eigenvalue weighted by molar-refractivity contribution is 5.26. The lowest BCUT2D eigenvalue weighted by atomic mass is 10.2. The summed E-state index contributed by atoms with van der Waals surface area (Å²) in [5.41, 5.74) is 2.22. The molecule has 1 aromatic heterocycles. The summed E-state index contributed by atoms with van der Waals surface area (Å²) < 4.78 is 16.4. The molecular formula is C17H23NO3. The monoisotopic (exact) mass is 289 g/mol. The number of furan rings is 1. The molecule has 0 bridgehead atoms. The summed E-state index contributed by atoms with van der Waals surface area (Å²) in [4.78, 5) is 0. The van der Waals surface area contributed by atoms with Crippen molar-refractivity contribution < 1.29 is 13.9 Å². The van der Waals surface area contributed by atoms with Gasteiger partial charge in [-0.3, -0.25) is 0 Å². The van der Waals surface area contributed by atoms with Crippen LogP contribution in [-0.4, -0.2) is 13.2 Å². The minimum atomic E-state index is 0.433. The SMILES string of the molecule is COc1ccc(COCc2ccoc2CNC(C)C)cc1. The molecule has 0 aliphatic carbocycles. The number of rotatable bonds is 8. The first-order valence-electron chi connectivity index (χ1n) is 7.18. The van der Waals surface area contributed by atoms with Gasteiger partial charge in [0.25, 0.3) is 0 Å². The van der Waals surface area contributed by atoms with Gasteiger partial charge in [-0.2, -0.15) is 0 Å². The smallest absolute Gasteiger partial charge is 0.123 e. The summed E-state index contributed by atoms with van der Waals surface area (Å²) in [6, 6.07) is 10.3. The van der Waals surface area contributed by atoms with Crippen LogP contribution in [0.3, 0.4) is 0 Å². The van der Waals surface area contributed by atoms with Gasteiger partial charge < -0.3 is 19.2 Å². The van der Waals surface area contributed by atoms with E-state index in [0.717, 1.165) is 29.2 Å². The Morgan fingerprint density at radius 2 is 1.86 bits per heavy atom. The number of hydrogen-bond donors (Lipinski definition) is 1. The zero-order valence-electron chi connectivity index (χ0n) is 12.9. The van der Waals surface area contributed by atoms with E-state index in [0.29, 0.717) is 19.3 Å². The predicted molar refractivity (Wildman–Crippen MR) is 82.2 cm³/mol. The molecule has 0 aliphatic heterocycles. The van der Waals surface area contributed by atoms with Crippen molar-refractivity contribution in [1.82, 2.24) is 5.32 Å². The highest BCUT2D eigenvalue weighted by atomic mass is 16.5. The maximum Gasteiger partial charge on any atom is 0.123 e. The molecule has 0 aliphatic rings. The highest BCUT2D eigenvalue weighted by Crippen LogP contribution is 2.15. The second-order valence-electron chi connectivity index (χ2n) is 5.25. The molecule has 0 amide bonds. The molecule has 0 spiro atoms. The number of ether oxygens (including phenoxy) is 2. The summed E-state index contributed by atoms with van der Waals surface area (Å²) in [5.74, 6) is 1.80. The van der Waals surface area contributed by atoms with E-state index in [9.17, 15) is 0 Å². The van der Waals surface area contributed by atoms with Crippen LogP contribution in [0.4, 0.5) is 0 Å². The fourth-order valence-corrected chi connectivity index (χ4v) is 1.95. The second kappa shape index (κ2) is 7.86. The third-order valence-electron chi connectivity index (χ3n) is 3.19. The first kappa shape index (κ1) is 15.6. The largest absolute Gasteiger partial charge is 0.497 e. The van der Waals surface area contributed by atoms with Crippen LogP contribution >= 0.6 is 0 Å². The van der Waals surface area contributed by atoms with Gasteiger partial charge in [0.05, 0.1) is 33.1 Å². The molecule has 1 aromatic carbocycles. The number of hydrogen-bond acceptors (Lipinski definition) is 4. The van der Waals surface area contributed by atoms with E-state index in [1.807, 2.05) is 30.3 Å². The maximum atomic E-state index is 5.76. The summed E-state index contributed by atoms with van der Waals surface area (Å²) >= 11 is 0. The molecule has 0 fully saturated rings. The standard InChI is InChI=1S/C17H23NO3/c1-13(2)18-10-17-15(8-9-21-17)12-20-11-14-4-6-16(19-3)7-5-14/h4-9,13,18H,10-12H2,1-3H3. The van der Waals surface area contributed by atoms with Gasteiger partial charge in [0.2, 0.25) is 0 Å². The zero-order valence-corrected chi connectivity index (χ0v) is 12.9. The maximum absolute atomic E-state index is 5.76. The summed E-state index contributed by atoms with van der Waals surface area (Å²) in [6.07, 6.45) is 1.71. The molecule has 1 heterocycles. The van der Waals surface area contributed by atoms with Crippen LogP contribution in [0, 0.1) is 0 Å². The van der Waals surface area contributed by atoms with Crippen LogP contribution in [0.1, 0.15) is 30.7 Å². The molecule has 21 heavy (non-hydrogen) atoms. The van der Waals surface area contributed by atoms with Crippen LogP contribution in [0.2, 0.25) is 0 Å². The average molecular weight is 289 g/mol. The van der Waals surface area contributed by atoms with Gasteiger partial charge in [0, 0.05) is 11.6 Å². The minimum absolute atomic E-state index is 0.433. The van der Waals surface area contributed by atoms with Gasteiger partial charge in [0.15, 0.2) is 0 Å². The third-order valence-corrected chi connectivity index (χ3v) is 3.19. The van der Waals surface area contributed by atoms with Crippen molar-refractivity contribution in [3.8, 4) is 5.75 Å². The lowest BCUT2D eigenvalue weighted by molar-refractivity contribution is 0.106. The van der Waals surface area contributed by atoms with Crippen molar-refractivity contribution in [3.05, 3.63) is 53.5 Å². The van der Waals surface area contributed by atoms with Crippen molar-refractivity contribution in [2.75, 3.05) is 7.11 Å². The lowest BCUT2D eigenvalue weighted by Gasteiger charge is -2.08. The number of methoxy groups -OCH3 is 1. The fraction of sp³-hybridized carbons (Fsp3) is 0.412. The van der Waals surface area contributed by atoms with E-state index in [1.165, 1.54) is 0 Å². The number of nitrogens with one attached hydrogen (secondary N) is 1. The first-order chi connectivity index (χ1) is 10.2. The van der Waals surface area contributed by atoms with E-state index >= 15 is 0 Å². The minimum Gasteiger partial charge on any atom is -0.497 e. The van der Waals surface area contributed by atoms with Crippen LogP contribution in [0.15, 0.2) is 41.0 Å². The van der Waals surface area contributed by atoms with Crippen molar-refractivity contribution >= 4 is 0 Å². The molecule has 2 aromatic rings. The van der Waals surface area contributed by atoms with Gasteiger partial charge in [-0.25, -0.2) is 0 Å². The highest BCUT2D eigenvalue weighted by Gasteiger charge is 2.07. The van der Waals surface area contributed by atoms with Crippen molar-refractivity contribution in [2.24, 2.45) is 0 Å². The Balaban J connectivity index is 1.81. The van der Waals surface area contributed by atoms with Crippen LogP contribution in [0.25, 0.3) is 0 Å². The predicted octanol–water partition coefficient (Wildman–Crippen LogP) is 3.50. The van der Waals surface area contributed by atoms with E-state index in [2.05, 4.69) is 19.2 Å². The Hall–Kier alpha value is -1.78. The topological polar surface area (TPSA) is 43.6 Å². The Kier molecular flexibility index (Phi) is 5.84. The molecule has 0 saturated heterocycles. The lowest BCUT2D eigenvalue weighted by Crippen LogP contribution is -2.22. The van der Waals surface area contributed by atoms with E-state index in [1.54, 1.807) is 13.4 Å². The Labute approximate surface area is 126 Å². The van der Waals surface area contributed by atoms with Crippen molar-refractivity contribution in [1.29, 1.82) is 0 Å². The summed E-state index contributed by atoms with van der Waals surface area (Å²) in [5, 5.41) is 3.35. The quantitative estimate of drug-likeness (QED) is 0.807. The molecule has 4 heteroatoms. The molecule has 0 saturated carbocycles. The summed E-state index contributed by atoms with van der Waals surface area (Å²) in [6.45, 7) is 6.08. The van der Waals surface area contributed by atoms with Gasteiger partial charge in [-0.1, -0.05) is 26.0 Å². The zero-order chi connectivity index (χ0) is 15.1. The Morgan fingerprint density at radius 3 is 2.52 bits per heavy atom. The van der Waals surface area contributed by atoms with E-state index in [-0.39, 0.29) is 0 Å². The first-order valence-corrected chi connectivity index (χ1v) is 7.18. The third kappa shape index (κ3) is 4.92. The molecule has 0 atom stereocenters. The van der Waals surface area contributed by atoms with Crippen molar-refractivity contribution in [3.63, 3.8) is 0 Å². The molecule has 1 N–H and O–H groups in total. The molecule has 0 unspecified atom stereocenters. The molecule has 2 rings (SSSR count). The Bertz CT molecular complexity index is 531. The normalized spacial score (nSPS) is 11.0. The van der Waals surface area contributed by atoms with E-state index < -0.39 is 0 Å². The van der Waals surface area contributed by atoms with Gasteiger partial charge >= 0.3 is 0 Å². The summed E-state index contributed by atoms with van der Waals surface area (Å²) in [7, 11) is 1.66. The van der Waals surface area contributed by atoms with Crippen LogP contribution in [-0.2, 0) is 24.5 Å². The fourth-order valence-electron chi connectivity index (χ4n) is 1.95. The average Bonchev–Trinajstić information content (AvgIpc) is 2.93. The Morgan fingerprint density at radius 1 is 1.10 bits per heavy atom. The molecule has 0 radical (unpaired) electrons. The van der Waals surface area contributed by atoms with Gasteiger partial charge in [0.1, 0.15) is 11.5 Å². The molecule has 4 nitrogen and oxygen atoms in total. The van der Waals surface area contributed by atoms with Gasteiger partial charge in [-0.15, -0.1) is 0 Å². The van der Waals surface area contributed by atoms with E-state index in [4.69, 9.17) is 13.9 Å². The second-order valence-corrected chi connectivity index (χ2v) is 5.25. The molecular weight excluding hydrogens is 266 g/mol. The van der Waals surface area contributed by atoms with Gasteiger partial charge in [-0.05, 0) is 23.8 Å². The van der Waals surface area contributed by atoms with Crippen LogP contribution < -0.4 is 10.1 Å². The number of benzene rings is 1. The van der Waals surface area contributed by atoms with Crippen LogP contribution in [0.5, 0.6) is 5.75 Å². The molecule has 114 valence electrons. The van der Waals surface area contributed by atoms with Crippen molar-refractivity contribution in [2.45, 2.75) is 39.6 Å².